The Kier molecular flexibility index (Phi) is 8.15. The Hall–Kier alpha value is -1.86. The van der Waals surface area contributed by atoms with E-state index < -0.39 is 0 Å². The van der Waals surface area contributed by atoms with E-state index in [9.17, 15) is 4.79 Å². The summed E-state index contributed by atoms with van der Waals surface area (Å²) in [7, 11) is 0. The maximum absolute atomic E-state index is 12.5. The van der Waals surface area contributed by atoms with Crippen LogP contribution >= 0.6 is 0 Å². The van der Waals surface area contributed by atoms with Crippen LogP contribution in [0.3, 0.4) is 0 Å². The van der Waals surface area contributed by atoms with Gasteiger partial charge in [-0.05, 0) is 25.0 Å². The maximum atomic E-state index is 12.5. The molecule has 0 saturated carbocycles. The normalized spacial score (nSPS) is 9.86. The summed E-state index contributed by atoms with van der Waals surface area (Å²) in [5.74, 6) is 5.32. The molecule has 1 heterocycles. The van der Waals surface area contributed by atoms with Crippen LogP contribution in [0.5, 0.6) is 0 Å². The molecule has 4 heteroatoms. The van der Waals surface area contributed by atoms with Crippen LogP contribution in [0.25, 0.3) is 0 Å². The van der Waals surface area contributed by atoms with E-state index in [2.05, 4.69) is 30.7 Å². The van der Waals surface area contributed by atoms with Crippen LogP contribution < -0.4 is 0 Å². The molecular weight excluding hydrogens is 264 g/mol. The van der Waals surface area contributed by atoms with Crippen molar-refractivity contribution in [3.63, 3.8) is 0 Å². The predicted molar refractivity (Wildman–Crippen MR) is 83.9 cm³/mol. The first-order valence-electron chi connectivity index (χ1n) is 7.58. The van der Waals surface area contributed by atoms with Gasteiger partial charge in [0.2, 0.25) is 0 Å². The Bertz CT molecular complexity index is 478. The minimum atomic E-state index is -0.178. The third-order valence-electron chi connectivity index (χ3n) is 3.14. The summed E-state index contributed by atoms with van der Waals surface area (Å²) in [6.45, 7) is 5.62. The second kappa shape index (κ2) is 9.95. The molecule has 4 nitrogen and oxygen atoms in total. The second-order valence-electron chi connectivity index (χ2n) is 4.89. The number of aliphatic hydroxyl groups excluding tert-OH is 1. The lowest BCUT2D eigenvalue weighted by Crippen LogP contribution is -2.33. The first-order chi connectivity index (χ1) is 10.2. The molecule has 1 rings (SSSR count). The van der Waals surface area contributed by atoms with Crippen LogP contribution in [0.4, 0.5) is 0 Å². The number of hydrogen-bond donors (Lipinski definition) is 1. The summed E-state index contributed by atoms with van der Waals surface area (Å²) < 4.78 is 0. The van der Waals surface area contributed by atoms with Gasteiger partial charge in [-0.15, -0.1) is 0 Å². The van der Waals surface area contributed by atoms with Crippen LogP contribution in [-0.4, -0.2) is 40.6 Å². The Morgan fingerprint density at radius 2 is 1.90 bits per heavy atom. The number of rotatable bonds is 7. The topological polar surface area (TPSA) is 53.4 Å². The van der Waals surface area contributed by atoms with Gasteiger partial charge >= 0.3 is 0 Å². The number of hydrogen-bond acceptors (Lipinski definition) is 3. The van der Waals surface area contributed by atoms with Crippen LogP contribution in [0, 0.1) is 11.8 Å². The van der Waals surface area contributed by atoms with Crippen LogP contribution in [0.15, 0.2) is 18.3 Å². The van der Waals surface area contributed by atoms with E-state index in [-0.39, 0.29) is 12.5 Å². The molecule has 0 aliphatic carbocycles. The highest BCUT2D eigenvalue weighted by molar-refractivity contribution is 5.92. The van der Waals surface area contributed by atoms with Gasteiger partial charge in [0.25, 0.3) is 5.91 Å². The molecule has 0 aromatic carbocycles. The number of aromatic nitrogens is 1. The van der Waals surface area contributed by atoms with E-state index in [1.807, 2.05) is 4.90 Å². The molecule has 0 atom stereocenters. The molecule has 0 aliphatic heterocycles. The van der Waals surface area contributed by atoms with Crippen molar-refractivity contribution < 1.29 is 9.90 Å². The summed E-state index contributed by atoms with van der Waals surface area (Å²) in [4.78, 5) is 18.5. The van der Waals surface area contributed by atoms with E-state index in [1.54, 1.807) is 18.3 Å². The van der Waals surface area contributed by atoms with Crippen molar-refractivity contribution >= 4 is 5.91 Å². The van der Waals surface area contributed by atoms with Gasteiger partial charge in [0.1, 0.15) is 12.3 Å². The van der Waals surface area contributed by atoms with Crippen molar-refractivity contribution in [2.45, 2.75) is 39.5 Å². The highest BCUT2D eigenvalue weighted by Crippen LogP contribution is 2.07. The quantitative estimate of drug-likeness (QED) is 0.784. The SMILES string of the molecule is CCCCN(CCCC)C(=O)c1ccc(C#CCO)cn1. The monoisotopic (exact) mass is 288 g/mol. The Balaban J connectivity index is 2.77. The third kappa shape index (κ3) is 5.97. The summed E-state index contributed by atoms with van der Waals surface area (Å²) in [5, 5.41) is 8.65. The van der Waals surface area contributed by atoms with E-state index >= 15 is 0 Å². The molecule has 114 valence electrons. The Morgan fingerprint density at radius 1 is 1.24 bits per heavy atom. The smallest absolute Gasteiger partial charge is 0.272 e. The van der Waals surface area contributed by atoms with Crippen molar-refractivity contribution in [3.8, 4) is 11.8 Å². The second-order valence-corrected chi connectivity index (χ2v) is 4.89. The third-order valence-corrected chi connectivity index (χ3v) is 3.14. The van der Waals surface area contributed by atoms with Crippen molar-refractivity contribution in [3.05, 3.63) is 29.6 Å². The molecule has 0 aliphatic rings. The number of amides is 1. The molecule has 0 radical (unpaired) electrons. The van der Waals surface area contributed by atoms with Crippen LogP contribution in [-0.2, 0) is 0 Å². The molecule has 1 amide bonds. The molecule has 1 aromatic rings. The molecule has 0 fully saturated rings. The molecule has 21 heavy (non-hydrogen) atoms. The van der Waals surface area contributed by atoms with Crippen LogP contribution in [0.2, 0.25) is 0 Å². The van der Waals surface area contributed by atoms with Gasteiger partial charge in [0.15, 0.2) is 0 Å². The number of carbonyl (C=O) groups excluding carboxylic acids is 1. The van der Waals surface area contributed by atoms with E-state index in [0.29, 0.717) is 11.3 Å². The van der Waals surface area contributed by atoms with E-state index in [1.165, 1.54) is 0 Å². The highest BCUT2D eigenvalue weighted by atomic mass is 16.2. The lowest BCUT2D eigenvalue weighted by atomic mass is 10.2. The van der Waals surface area contributed by atoms with Gasteiger partial charge in [0, 0.05) is 24.8 Å². The van der Waals surface area contributed by atoms with Gasteiger partial charge in [-0.25, -0.2) is 4.98 Å². The average molecular weight is 288 g/mol. The molecule has 0 unspecified atom stereocenters. The van der Waals surface area contributed by atoms with Crippen LogP contribution in [0.1, 0.15) is 55.6 Å². The zero-order valence-electron chi connectivity index (χ0n) is 12.9. The summed E-state index contributed by atoms with van der Waals surface area (Å²) in [5.41, 5.74) is 1.16. The van der Waals surface area contributed by atoms with E-state index in [0.717, 1.165) is 38.8 Å². The summed E-state index contributed by atoms with van der Waals surface area (Å²) in [6, 6.07) is 3.47. The number of pyridine rings is 1. The van der Waals surface area contributed by atoms with Gasteiger partial charge < -0.3 is 10.0 Å². The number of nitrogens with zero attached hydrogens (tertiary/aromatic N) is 2. The molecule has 0 saturated heterocycles. The predicted octanol–water partition coefficient (Wildman–Crippen LogP) is 2.47. The Morgan fingerprint density at radius 3 is 2.38 bits per heavy atom. The molecular formula is C17H24N2O2. The lowest BCUT2D eigenvalue weighted by Gasteiger charge is -2.22. The molecule has 1 aromatic heterocycles. The van der Waals surface area contributed by atoms with Gasteiger partial charge in [-0.1, -0.05) is 38.5 Å². The minimum Gasteiger partial charge on any atom is -0.384 e. The fourth-order valence-corrected chi connectivity index (χ4v) is 1.91. The van der Waals surface area contributed by atoms with Crippen molar-refractivity contribution in [2.75, 3.05) is 19.7 Å². The summed E-state index contributed by atoms with van der Waals surface area (Å²) in [6.07, 6.45) is 5.73. The number of carbonyl (C=O) groups is 1. The van der Waals surface area contributed by atoms with Gasteiger partial charge in [-0.2, -0.15) is 0 Å². The molecule has 0 bridgehead atoms. The largest absolute Gasteiger partial charge is 0.384 e. The Labute approximate surface area is 127 Å². The highest BCUT2D eigenvalue weighted by Gasteiger charge is 2.15. The van der Waals surface area contributed by atoms with Crippen molar-refractivity contribution in [2.24, 2.45) is 0 Å². The minimum absolute atomic E-state index is 0.0152. The lowest BCUT2D eigenvalue weighted by molar-refractivity contribution is 0.0745. The fourth-order valence-electron chi connectivity index (χ4n) is 1.91. The average Bonchev–Trinajstić information content (AvgIpc) is 2.53. The first kappa shape index (κ1) is 17.2. The summed E-state index contributed by atoms with van der Waals surface area (Å²) >= 11 is 0. The zero-order chi connectivity index (χ0) is 15.5. The zero-order valence-corrected chi connectivity index (χ0v) is 12.9. The molecule has 0 spiro atoms. The van der Waals surface area contributed by atoms with Crippen molar-refractivity contribution in [1.29, 1.82) is 0 Å². The maximum Gasteiger partial charge on any atom is 0.272 e. The van der Waals surface area contributed by atoms with Gasteiger partial charge in [-0.3, -0.25) is 4.79 Å². The molecule has 1 N–H and O–H groups in total. The van der Waals surface area contributed by atoms with Gasteiger partial charge in [0.05, 0.1) is 0 Å². The fraction of sp³-hybridized carbons (Fsp3) is 0.529. The standard InChI is InChI=1S/C17H24N2O2/c1-3-5-11-19(12-6-4-2)17(21)16-10-9-15(14-18-16)8-7-13-20/h9-10,14,20H,3-6,11-13H2,1-2H3. The first-order valence-corrected chi connectivity index (χ1v) is 7.58. The number of unbranched alkanes of at least 4 members (excludes halogenated alkanes) is 2. The van der Waals surface area contributed by atoms with E-state index in [4.69, 9.17) is 5.11 Å². The number of aliphatic hydroxyl groups is 1. The van der Waals surface area contributed by atoms with Crippen molar-refractivity contribution in [1.82, 2.24) is 9.88 Å².